The highest BCUT2D eigenvalue weighted by Gasteiger charge is 2.23. The zero-order chi connectivity index (χ0) is 21.3. The first-order valence-electron chi connectivity index (χ1n) is 8.79. The molecule has 2 N–H and O–H groups in total. The Bertz CT molecular complexity index is 1120. The second-order valence-electron chi connectivity index (χ2n) is 6.62. The number of amides is 1. The fourth-order valence-corrected chi connectivity index (χ4v) is 3.64. The van der Waals surface area contributed by atoms with Crippen LogP contribution in [-0.2, 0) is 18.3 Å². The van der Waals surface area contributed by atoms with Crippen molar-refractivity contribution in [3.05, 3.63) is 52.2 Å². The van der Waals surface area contributed by atoms with Crippen LogP contribution in [-0.4, -0.2) is 35.8 Å². The number of methoxy groups -OCH3 is 2. The van der Waals surface area contributed by atoms with E-state index in [1.54, 1.807) is 17.7 Å². The topological polar surface area (TPSA) is 89.8 Å². The van der Waals surface area contributed by atoms with Crippen LogP contribution in [0.15, 0.2) is 30.3 Å². The average Bonchev–Trinajstić information content (AvgIpc) is 2.93. The number of fused-ring (bicyclic) bond motifs is 1. The molecule has 1 aromatic heterocycles. The van der Waals surface area contributed by atoms with Crippen LogP contribution in [0.25, 0.3) is 10.9 Å². The minimum atomic E-state index is -1.09. The summed E-state index contributed by atoms with van der Waals surface area (Å²) in [5.41, 5.74) is 2.64. The molecule has 1 amide bonds. The van der Waals surface area contributed by atoms with Gasteiger partial charge in [0.05, 0.1) is 31.4 Å². The molecular weight excluding hydrogens is 396 g/mol. The molecule has 0 saturated heterocycles. The number of carboxylic acids is 1. The molecule has 7 nitrogen and oxygen atoms in total. The summed E-state index contributed by atoms with van der Waals surface area (Å²) < 4.78 is 12.0. The highest BCUT2D eigenvalue weighted by Crippen LogP contribution is 2.36. The number of nitrogens with zero attached hydrogens (tertiary/aromatic N) is 1. The summed E-state index contributed by atoms with van der Waals surface area (Å²) in [5, 5.41) is 13.5. The largest absolute Gasteiger partial charge is 0.495 e. The van der Waals surface area contributed by atoms with Crippen molar-refractivity contribution in [2.24, 2.45) is 7.05 Å². The van der Waals surface area contributed by atoms with Gasteiger partial charge in [-0.1, -0.05) is 23.2 Å². The van der Waals surface area contributed by atoms with E-state index in [1.807, 2.05) is 25.1 Å². The van der Waals surface area contributed by atoms with Crippen LogP contribution in [0.4, 0.5) is 5.69 Å². The maximum absolute atomic E-state index is 12.8. The predicted molar refractivity (Wildman–Crippen MR) is 112 cm³/mol. The number of hydrogen-bond donors (Lipinski definition) is 2. The molecule has 0 saturated carbocycles. The van der Waals surface area contributed by atoms with E-state index in [4.69, 9.17) is 21.1 Å². The number of anilines is 1. The molecule has 152 valence electrons. The van der Waals surface area contributed by atoms with Crippen LogP contribution in [0, 0.1) is 6.92 Å². The number of nitrogens with one attached hydrogen (secondary N) is 1. The number of halogens is 1. The number of carbonyl (C=O) groups excluding carboxylic acids is 1. The van der Waals surface area contributed by atoms with Crippen LogP contribution < -0.4 is 14.8 Å². The maximum Gasteiger partial charge on any atom is 0.352 e. The zero-order valence-corrected chi connectivity index (χ0v) is 17.3. The Balaban J connectivity index is 1.99. The van der Waals surface area contributed by atoms with Crippen molar-refractivity contribution in [2.75, 3.05) is 19.5 Å². The molecule has 8 heteroatoms. The van der Waals surface area contributed by atoms with Crippen molar-refractivity contribution in [3.8, 4) is 11.5 Å². The summed E-state index contributed by atoms with van der Waals surface area (Å²) in [6.07, 6.45) is -0.116. The van der Waals surface area contributed by atoms with E-state index in [1.165, 1.54) is 20.3 Å². The Kier molecular flexibility index (Phi) is 5.70. The van der Waals surface area contributed by atoms with Crippen LogP contribution in [0.3, 0.4) is 0 Å². The smallest absolute Gasteiger partial charge is 0.352 e. The highest BCUT2D eigenvalue weighted by atomic mass is 35.5. The summed E-state index contributed by atoms with van der Waals surface area (Å²) in [6.45, 7) is 1.92. The number of ether oxygens (including phenoxy) is 2. The van der Waals surface area contributed by atoms with Gasteiger partial charge in [0.1, 0.15) is 17.2 Å². The number of carbonyl (C=O) groups is 2. The summed E-state index contributed by atoms with van der Waals surface area (Å²) in [6, 6.07) is 8.74. The molecule has 0 aliphatic rings. The lowest BCUT2D eigenvalue weighted by Gasteiger charge is -2.13. The van der Waals surface area contributed by atoms with E-state index in [-0.39, 0.29) is 18.0 Å². The Labute approximate surface area is 172 Å². The number of carboxylic acid groups (broad SMARTS) is 1. The summed E-state index contributed by atoms with van der Waals surface area (Å²) in [5.74, 6) is -0.679. The van der Waals surface area contributed by atoms with Crippen molar-refractivity contribution >= 4 is 40.1 Å². The quantitative estimate of drug-likeness (QED) is 0.633. The van der Waals surface area contributed by atoms with Crippen molar-refractivity contribution < 1.29 is 24.2 Å². The maximum atomic E-state index is 12.8. The summed E-state index contributed by atoms with van der Waals surface area (Å²) in [7, 11) is 4.62. The molecule has 0 aliphatic carbocycles. The van der Waals surface area contributed by atoms with Crippen LogP contribution in [0.2, 0.25) is 5.02 Å². The molecule has 29 heavy (non-hydrogen) atoms. The van der Waals surface area contributed by atoms with Crippen molar-refractivity contribution in [2.45, 2.75) is 13.3 Å². The molecule has 0 radical (unpaired) electrons. The van der Waals surface area contributed by atoms with Crippen LogP contribution in [0.1, 0.15) is 21.6 Å². The van der Waals surface area contributed by atoms with Gasteiger partial charge in [-0.3, -0.25) is 4.79 Å². The molecule has 0 unspecified atom stereocenters. The third-order valence-electron chi connectivity index (χ3n) is 4.75. The minimum absolute atomic E-state index is 0.0838. The van der Waals surface area contributed by atoms with Gasteiger partial charge >= 0.3 is 5.97 Å². The standard InChI is InChI=1S/C21H21ClN2O5/c1-11-5-6-16-12(7-11)13(20(21(26)27)24(16)2)8-19(25)23-15-9-14(22)17(28-3)10-18(15)29-4/h5-7,9-10H,8H2,1-4H3,(H,23,25)(H,26,27). The van der Waals surface area contributed by atoms with E-state index in [0.717, 1.165) is 16.5 Å². The lowest BCUT2D eigenvalue weighted by Crippen LogP contribution is -2.17. The first-order valence-corrected chi connectivity index (χ1v) is 9.17. The van der Waals surface area contributed by atoms with Gasteiger partial charge in [-0.25, -0.2) is 4.79 Å². The van der Waals surface area contributed by atoms with E-state index in [0.29, 0.717) is 27.8 Å². The predicted octanol–water partition coefficient (Wildman–Crippen LogP) is 4.04. The SMILES string of the molecule is COc1cc(OC)c(NC(=O)Cc2c(C(=O)O)n(C)c3ccc(C)cc23)cc1Cl. The van der Waals surface area contributed by atoms with Gasteiger partial charge in [-0.05, 0) is 25.1 Å². The van der Waals surface area contributed by atoms with Gasteiger partial charge in [0.15, 0.2) is 0 Å². The second-order valence-corrected chi connectivity index (χ2v) is 7.03. The normalized spacial score (nSPS) is 10.8. The molecular formula is C21H21ClN2O5. The Morgan fingerprint density at radius 1 is 1.14 bits per heavy atom. The number of aromatic carboxylic acids is 1. The molecule has 3 aromatic rings. The number of aryl methyl sites for hydroxylation is 2. The van der Waals surface area contributed by atoms with Crippen molar-refractivity contribution in [3.63, 3.8) is 0 Å². The Hall–Kier alpha value is -3.19. The van der Waals surface area contributed by atoms with E-state index >= 15 is 0 Å². The number of benzene rings is 2. The van der Waals surface area contributed by atoms with Crippen LogP contribution >= 0.6 is 11.6 Å². The van der Waals surface area contributed by atoms with Crippen molar-refractivity contribution in [1.29, 1.82) is 0 Å². The first-order chi connectivity index (χ1) is 13.8. The first kappa shape index (κ1) is 20.5. The second kappa shape index (κ2) is 8.05. The van der Waals surface area contributed by atoms with Gasteiger partial charge in [-0.15, -0.1) is 0 Å². The van der Waals surface area contributed by atoms with E-state index in [2.05, 4.69) is 5.32 Å². The highest BCUT2D eigenvalue weighted by molar-refractivity contribution is 6.32. The summed E-state index contributed by atoms with van der Waals surface area (Å²) >= 11 is 6.15. The van der Waals surface area contributed by atoms with E-state index in [9.17, 15) is 14.7 Å². The minimum Gasteiger partial charge on any atom is -0.495 e. The molecule has 3 rings (SSSR count). The van der Waals surface area contributed by atoms with Gasteiger partial charge in [0, 0.05) is 29.6 Å². The monoisotopic (exact) mass is 416 g/mol. The van der Waals surface area contributed by atoms with Gasteiger partial charge in [-0.2, -0.15) is 0 Å². The molecule has 0 atom stereocenters. The average molecular weight is 417 g/mol. The zero-order valence-electron chi connectivity index (χ0n) is 16.5. The van der Waals surface area contributed by atoms with Crippen molar-refractivity contribution in [1.82, 2.24) is 4.57 Å². The lowest BCUT2D eigenvalue weighted by molar-refractivity contribution is -0.115. The van der Waals surface area contributed by atoms with E-state index < -0.39 is 5.97 Å². The van der Waals surface area contributed by atoms with Gasteiger partial charge < -0.3 is 24.5 Å². The Morgan fingerprint density at radius 2 is 1.83 bits per heavy atom. The number of hydrogen-bond acceptors (Lipinski definition) is 4. The molecule has 0 spiro atoms. The fraction of sp³-hybridized carbons (Fsp3) is 0.238. The van der Waals surface area contributed by atoms with Gasteiger partial charge in [0.2, 0.25) is 5.91 Å². The molecule has 0 bridgehead atoms. The summed E-state index contributed by atoms with van der Waals surface area (Å²) in [4.78, 5) is 24.6. The third kappa shape index (κ3) is 3.86. The number of rotatable bonds is 6. The molecule has 0 aliphatic heterocycles. The lowest BCUT2D eigenvalue weighted by atomic mass is 10.0. The van der Waals surface area contributed by atoms with Crippen LogP contribution in [0.5, 0.6) is 11.5 Å². The molecule has 0 fully saturated rings. The molecule has 2 aromatic carbocycles. The fourth-order valence-electron chi connectivity index (χ4n) is 3.40. The number of aromatic nitrogens is 1. The third-order valence-corrected chi connectivity index (χ3v) is 5.04. The Morgan fingerprint density at radius 3 is 2.45 bits per heavy atom. The van der Waals surface area contributed by atoms with Gasteiger partial charge in [0.25, 0.3) is 0 Å². The molecule has 1 heterocycles.